The zero-order valence-electron chi connectivity index (χ0n) is 9.46. The molecule has 3 heteroatoms. The summed E-state index contributed by atoms with van der Waals surface area (Å²) < 4.78 is 12.7. The molecule has 0 aliphatic rings. The van der Waals surface area contributed by atoms with Crippen LogP contribution in [0.5, 0.6) is 0 Å². The lowest BCUT2D eigenvalue weighted by molar-refractivity contribution is 0.627. The maximum Gasteiger partial charge on any atom is 0.123 e. The lowest BCUT2D eigenvalue weighted by atomic mass is 10.2. The first-order valence-electron chi connectivity index (χ1n) is 5.35. The highest BCUT2D eigenvalue weighted by Gasteiger charge is 1.99. The van der Waals surface area contributed by atoms with Gasteiger partial charge in [0.15, 0.2) is 0 Å². The second-order valence-electron chi connectivity index (χ2n) is 3.71. The number of rotatable bonds is 6. The summed E-state index contributed by atoms with van der Waals surface area (Å²) in [5.74, 6) is -0.178. The summed E-state index contributed by atoms with van der Waals surface area (Å²) in [7, 11) is 4.00. The highest BCUT2D eigenvalue weighted by atomic mass is 19.1. The maximum atomic E-state index is 12.7. The molecule has 1 rings (SSSR count). The van der Waals surface area contributed by atoms with Crippen molar-refractivity contribution in [1.82, 2.24) is 5.32 Å². The molecule has 0 spiro atoms. The number of hydrogen-bond acceptors (Lipinski definition) is 2. The largest absolute Gasteiger partial charge is 0.375 e. The molecule has 0 heterocycles. The van der Waals surface area contributed by atoms with E-state index in [0.717, 1.165) is 25.2 Å². The highest BCUT2D eigenvalue weighted by molar-refractivity contribution is 5.45. The zero-order valence-corrected chi connectivity index (χ0v) is 9.46. The lowest BCUT2D eigenvalue weighted by Gasteiger charge is -2.19. The minimum absolute atomic E-state index is 0.178. The zero-order chi connectivity index (χ0) is 11.1. The van der Waals surface area contributed by atoms with Crippen molar-refractivity contribution in [2.24, 2.45) is 0 Å². The number of unbranched alkanes of at least 4 members (excludes halogenated alkanes) is 1. The molecule has 0 aliphatic carbocycles. The molecule has 15 heavy (non-hydrogen) atoms. The molecule has 0 bridgehead atoms. The Labute approximate surface area is 91.1 Å². The third-order valence-corrected chi connectivity index (χ3v) is 2.44. The molecule has 0 fully saturated rings. The standard InChI is InChI=1S/C12H19FN2/c1-14-9-3-4-10-15(2)12-7-5-11(13)6-8-12/h5-8,14H,3-4,9-10H2,1-2H3. The fourth-order valence-corrected chi connectivity index (χ4v) is 1.48. The van der Waals surface area contributed by atoms with Gasteiger partial charge in [0.05, 0.1) is 0 Å². The SMILES string of the molecule is CNCCCCN(C)c1ccc(F)cc1. The van der Waals surface area contributed by atoms with Gasteiger partial charge in [0.2, 0.25) is 0 Å². The molecule has 0 radical (unpaired) electrons. The molecule has 0 saturated heterocycles. The maximum absolute atomic E-state index is 12.7. The quantitative estimate of drug-likeness (QED) is 0.724. The van der Waals surface area contributed by atoms with Gasteiger partial charge in [0.25, 0.3) is 0 Å². The summed E-state index contributed by atoms with van der Waals surface area (Å²) in [4.78, 5) is 2.15. The third kappa shape index (κ3) is 4.30. The Bertz CT molecular complexity index is 271. The van der Waals surface area contributed by atoms with Gasteiger partial charge in [0.1, 0.15) is 5.82 Å². The van der Waals surface area contributed by atoms with E-state index in [1.54, 1.807) is 0 Å². The van der Waals surface area contributed by atoms with Crippen LogP contribution in [0.2, 0.25) is 0 Å². The van der Waals surface area contributed by atoms with Crippen molar-refractivity contribution < 1.29 is 4.39 Å². The number of hydrogen-bond donors (Lipinski definition) is 1. The number of halogens is 1. The summed E-state index contributed by atoms with van der Waals surface area (Å²) in [5.41, 5.74) is 1.07. The Morgan fingerprint density at radius 2 is 1.87 bits per heavy atom. The number of anilines is 1. The fraction of sp³-hybridized carbons (Fsp3) is 0.500. The first kappa shape index (κ1) is 12.0. The first-order chi connectivity index (χ1) is 7.24. The van der Waals surface area contributed by atoms with E-state index in [9.17, 15) is 4.39 Å². The van der Waals surface area contributed by atoms with E-state index in [4.69, 9.17) is 0 Å². The Kier molecular flexibility index (Phi) is 5.12. The molecule has 1 aromatic carbocycles. The van der Waals surface area contributed by atoms with Crippen molar-refractivity contribution in [2.75, 3.05) is 32.1 Å². The van der Waals surface area contributed by atoms with Crippen molar-refractivity contribution in [3.05, 3.63) is 30.1 Å². The van der Waals surface area contributed by atoms with E-state index in [2.05, 4.69) is 10.2 Å². The number of benzene rings is 1. The van der Waals surface area contributed by atoms with Crippen LogP contribution in [0.3, 0.4) is 0 Å². The molecule has 84 valence electrons. The van der Waals surface area contributed by atoms with Gasteiger partial charge in [-0.3, -0.25) is 0 Å². The Hall–Kier alpha value is -1.09. The van der Waals surface area contributed by atoms with Crippen LogP contribution in [0.15, 0.2) is 24.3 Å². The topological polar surface area (TPSA) is 15.3 Å². The van der Waals surface area contributed by atoms with Crippen molar-refractivity contribution in [3.8, 4) is 0 Å². The number of nitrogens with zero attached hydrogens (tertiary/aromatic N) is 1. The van der Waals surface area contributed by atoms with Crippen molar-refractivity contribution >= 4 is 5.69 Å². The van der Waals surface area contributed by atoms with Crippen LogP contribution in [0.25, 0.3) is 0 Å². The van der Waals surface area contributed by atoms with Crippen LogP contribution in [0.4, 0.5) is 10.1 Å². The summed E-state index contributed by atoms with van der Waals surface area (Å²) in [6.07, 6.45) is 2.32. The average Bonchev–Trinajstić information content (AvgIpc) is 2.25. The lowest BCUT2D eigenvalue weighted by Crippen LogP contribution is -2.19. The van der Waals surface area contributed by atoms with Gasteiger partial charge >= 0.3 is 0 Å². The summed E-state index contributed by atoms with van der Waals surface area (Å²) in [6.45, 7) is 2.06. The Morgan fingerprint density at radius 1 is 1.20 bits per heavy atom. The molecule has 0 amide bonds. The molecule has 1 N–H and O–H groups in total. The van der Waals surface area contributed by atoms with Crippen molar-refractivity contribution in [2.45, 2.75) is 12.8 Å². The normalized spacial score (nSPS) is 10.3. The van der Waals surface area contributed by atoms with E-state index < -0.39 is 0 Å². The molecular formula is C12H19FN2. The molecule has 0 atom stereocenters. The molecule has 2 nitrogen and oxygen atoms in total. The predicted molar refractivity (Wildman–Crippen MR) is 62.8 cm³/mol. The van der Waals surface area contributed by atoms with Crippen molar-refractivity contribution in [3.63, 3.8) is 0 Å². The van der Waals surface area contributed by atoms with E-state index in [-0.39, 0.29) is 5.82 Å². The molecule has 0 aromatic heterocycles. The average molecular weight is 210 g/mol. The van der Waals surface area contributed by atoms with Crippen LogP contribution < -0.4 is 10.2 Å². The van der Waals surface area contributed by atoms with Crippen LogP contribution in [0.1, 0.15) is 12.8 Å². The van der Waals surface area contributed by atoms with Crippen molar-refractivity contribution in [1.29, 1.82) is 0 Å². The second-order valence-corrected chi connectivity index (χ2v) is 3.71. The van der Waals surface area contributed by atoms with Gasteiger partial charge in [0, 0.05) is 19.3 Å². The summed E-state index contributed by atoms with van der Waals surface area (Å²) in [6, 6.07) is 6.62. The van der Waals surface area contributed by atoms with E-state index in [1.165, 1.54) is 18.6 Å². The third-order valence-electron chi connectivity index (χ3n) is 2.44. The minimum Gasteiger partial charge on any atom is -0.375 e. The van der Waals surface area contributed by atoms with E-state index in [1.807, 2.05) is 26.2 Å². The van der Waals surface area contributed by atoms with E-state index >= 15 is 0 Å². The van der Waals surface area contributed by atoms with Gasteiger partial charge in [-0.05, 0) is 50.7 Å². The van der Waals surface area contributed by atoms with Gasteiger partial charge in [-0.25, -0.2) is 4.39 Å². The summed E-state index contributed by atoms with van der Waals surface area (Å²) >= 11 is 0. The smallest absolute Gasteiger partial charge is 0.123 e. The van der Waals surface area contributed by atoms with Crippen LogP contribution in [0, 0.1) is 5.82 Å². The van der Waals surface area contributed by atoms with Gasteiger partial charge in [-0.15, -0.1) is 0 Å². The van der Waals surface area contributed by atoms with Crippen LogP contribution in [-0.4, -0.2) is 27.2 Å². The molecule has 0 saturated carbocycles. The van der Waals surface area contributed by atoms with Gasteiger partial charge in [-0.1, -0.05) is 0 Å². The van der Waals surface area contributed by atoms with E-state index in [0.29, 0.717) is 0 Å². The van der Waals surface area contributed by atoms with Crippen LogP contribution >= 0.6 is 0 Å². The predicted octanol–water partition coefficient (Wildman–Crippen LogP) is 2.26. The first-order valence-corrected chi connectivity index (χ1v) is 5.35. The fourth-order valence-electron chi connectivity index (χ4n) is 1.48. The number of nitrogens with one attached hydrogen (secondary N) is 1. The van der Waals surface area contributed by atoms with Gasteiger partial charge < -0.3 is 10.2 Å². The molecule has 0 aliphatic heterocycles. The van der Waals surface area contributed by atoms with Gasteiger partial charge in [-0.2, -0.15) is 0 Å². The highest BCUT2D eigenvalue weighted by Crippen LogP contribution is 2.13. The molecule has 0 unspecified atom stereocenters. The Morgan fingerprint density at radius 3 is 2.47 bits per heavy atom. The second kappa shape index (κ2) is 6.40. The van der Waals surface area contributed by atoms with Crippen LogP contribution in [-0.2, 0) is 0 Å². The minimum atomic E-state index is -0.178. The Balaban J connectivity index is 2.33. The molecule has 1 aromatic rings. The monoisotopic (exact) mass is 210 g/mol. The summed E-state index contributed by atoms with van der Waals surface area (Å²) in [5, 5.41) is 3.12. The molecular weight excluding hydrogens is 191 g/mol.